The molecule has 0 spiro atoms. The van der Waals surface area contributed by atoms with E-state index >= 15 is 0 Å². The second-order valence-corrected chi connectivity index (χ2v) is 10.5. The third-order valence-corrected chi connectivity index (χ3v) is 7.73. The van der Waals surface area contributed by atoms with Gasteiger partial charge in [0.05, 0.1) is 16.4 Å². The van der Waals surface area contributed by atoms with E-state index in [0.717, 1.165) is 5.56 Å². The van der Waals surface area contributed by atoms with Crippen LogP contribution in [0.15, 0.2) is 30.5 Å². The molecular weight excluding hydrogens is 430 g/mol. The second-order valence-electron chi connectivity index (χ2n) is 8.07. The molecule has 168 valence electrons. The third-order valence-electron chi connectivity index (χ3n) is 5.62. The lowest BCUT2D eigenvalue weighted by atomic mass is 10.1. The fourth-order valence-electron chi connectivity index (χ4n) is 3.48. The average molecular weight is 456 g/mol. The van der Waals surface area contributed by atoms with Crippen LogP contribution in [0.5, 0.6) is 0 Å². The Morgan fingerprint density at radius 2 is 2.00 bits per heavy atom. The van der Waals surface area contributed by atoms with E-state index in [-0.39, 0.29) is 17.9 Å². The maximum atomic E-state index is 12.8. The topological polar surface area (TPSA) is 125 Å². The highest BCUT2D eigenvalue weighted by atomic mass is 32.2. The van der Waals surface area contributed by atoms with Crippen molar-refractivity contribution in [1.82, 2.24) is 20.0 Å². The first-order valence-corrected chi connectivity index (χ1v) is 11.9. The Balaban J connectivity index is 1.76. The normalized spacial score (nSPS) is 14.7. The van der Waals surface area contributed by atoms with Crippen molar-refractivity contribution in [2.75, 3.05) is 19.8 Å². The molecule has 0 bridgehead atoms. The van der Waals surface area contributed by atoms with Gasteiger partial charge in [-0.05, 0) is 42.8 Å². The van der Waals surface area contributed by atoms with Crippen molar-refractivity contribution in [3.63, 3.8) is 0 Å². The minimum absolute atomic E-state index is 0.0946. The lowest BCUT2D eigenvalue weighted by molar-refractivity contribution is 0.0944. The summed E-state index contributed by atoms with van der Waals surface area (Å²) in [5, 5.41) is 15.8. The van der Waals surface area contributed by atoms with Crippen molar-refractivity contribution in [3.8, 4) is 6.07 Å². The zero-order chi connectivity index (χ0) is 23.5. The van der Waals surface area contributed by atoms with Gasteiger partial charge in [0, 0.05) is 39.0 Å². The molecule has 3 rings (SSSR count). The van der Waals surface area contributed by atoms with Crippen LogP contribution in [0.25, 0.3) is 6.08 Å². The SMILES string of the molecule is CN(/C=C\c1c(C(=O)NCc2ccc(C#N)cc2)nn(C)c1C=O)CC1(S(C)(=O)=O)CC1. The molecule has 1 N–H and O–H groups in total. The van der Waals surface area contributed by atoms with Crippen LogP contribution in [-0.2, 0) is 23.4 Å². The van der Waals surface area contributed by atoms with Gasteiger partial charge in [-0.15, -0.1) is 0 Å². The van der Waals surface area contributed by atoms with Gasteiger partial charge in [0.1, 0.15) is 5.69 Å². The summed E-state index contributed by atoms with van der Waals surface area (Å²) in [5.41, 5.74) is 2.03. The van der Waals surface area contributed by atoms with Crippen LogP contribution in [0.4, 0.5) is 0 Å². The molecule has 9 nitrogen and oxygen atoms in total. The Morgan fingerprint density at radius 3 is 2.53 bits per heavy atom. The van der Waals surface area contributed by atoms with Gasteiger partial charge in [0.2, 0.25) is 0 Å². The maximum absolute atomic E-state index is 12.8. The standard InChI is InChI=1S/C22H25N5O4S/c1-26(15-22(9-10-22)32(3,30)31)11-8-18-19(14-28)27(2)25-20(18)21(29)24-13-17-6-4-16(12-23)5-7-17/h4-8,11,14H,9-10,13,15H2,1-3H3,(H,24,29)/b11-8-. The smallest absolute Gasteiger partial charge is 0.272 e. The Kier molecular flexibility index (Phi) is 6.50. The number of carbonyl (C=O) groups excluding carboxylic acids is 2. The van der Waals surface area contributed by atoms with Gasteiger partial charge < -0.3 is 10.2 Å². The van der Waals surface area contributed by atoms with E-state index in [4.69, 9.17) is 5.26 Å². The summed E-state index contributed by atoms with van der Waals surface area (Å²) < 4.78 is 24.6. The Hall–Kier alpha value is -3.45. The number of aromatic nitrogens is 2. The molecule has 1 aromatic heterocycles. The van der Waals surface area contributed by atoms with Crippen molar-refractivity contribution >= 4 is 28.1 Å². The molecule has 1 aliphatic carbocycles. The van der Waals surface area contributed by atoms with E-state index in [2.05, 4.69) is 10.4 Å². The van der Waals surface area contributed by atoms with Crippen LogP contribution in [0.3, 0.4) is 0 Å². The van der Waals surface area contributed by atoms with Crippen LogP contribution >= 0.6 is 0 Å². The predicted octanol–water partition coefficient (Wildman–Crippen LogP) is 1.51. The fourth-order valence-corrected chi connectivity index (χ4v) is 4.76. The molecule has 0 unspecified atom stereocenters. The molecule has 0 saturated heterocycles. The second kappa shape index (κ2) is 8.96. The number of hydrogen-bond donors (Lipinski definition) is 1. The molecule has 32 heavy (non-hydrogen) atoms. The van der Waals surface area contributed by atoms with Gasteiger partial charge in [-0.1, -0.05) is 12.1 Å². The number of rotatable bonds is 9. The monoisotopic (exact) mass is 455 g/mol. The van der Waals surface area contributed by atoms with E-state index < -0.39 is 20.5 Å². The van der Waals surface area contributed by atoms with Crippen LogP contribution in [0.2, 0.25) is 0 Å². The lowest BCUT2D eigenvalue weighted by Crippen LogP contribution is -2.33. The van der Waals surface area contributed by atoms with E-state index in [9.17, 15) is 18.0 Å². The minimum Gasteiger partial charge on any atom is -0.379 e. The quantitative estimate of drug-likeness (QED) is 0.568. The number of amides is 1. The molecule has 0 atom stereocenters. The van der Waals surface area contributed by atoms with E-state index in [0.29, 0.717) is 36.8 Å². The summed E-state index contributed by atoms with van der Waals surface area (Å²) in [6.45, 7) is 0.566. The van der Waals surface area contributed by atoms with Gasteiger partial charge in [0.25, 0.3) is 5.91 Å². The molecule has 1 saturated carbocycles. The summed E-state index contributed by atoms with van der Waals surface area (Å²) >= 11 is 0. The van der Waals surface area contributed by atoms with Gasteiger partial charge in [-0.2, -0.15) is 10.4 Å². The van der Waals surface area contributed by atoms with Crippen molar-refractivity contribution in [1.29, 1.82) is 5.26 Å². The first kappa shape index (κ1) is 23.2. The number of hydrogen-bond acceptors (Lipinski definition) is 7. The highest BCUT2D eigenvalue weighted by molar-refractivity contribution is 7.92. The Morgan fingerprint density at radius 1 is 1.34 bits per heavy atom. The molecule has 1 fully saturated rings. The fraction of sp³-hybridized carbons (Fsp3) is 0.364. The molecule has 0 radical (unpaired) electrons. The number of sulfone groups is 1. The zero-order valence-electron chi connectivity index (χ0n) is 18.2. The minimum atomic E-state index is -3.17. The molecule has 10 heteroatoms. The van der Waals surface area contributed by atoms with Crippen LogP contribution in [-0.4, -0.2) is 59.9 Å². The van der Waals surface area contributed by atoms with E-state index in [1.165, 1.54) is 10.9 Å². The summed E-state index contributed by atoms with van der Waals surface area (Å²) in [5.74, 6) is -0.449. The van der Waals surface area contributed by atoms with Gasteiger partial charge in [0.15, 0.2) is 21.8 Å². The van der Waals surface area contributed by atoms with Gasteiger partial charge in [-0.25, -0.2) is 8.42 Å². The average Bonchev–Trinajstić information content (AvgIpc) is 3.47. The predicted molar refractivity (Wildman–Crippen MR) is 119 cm³/mol. The number of aldehydes is 1. The summed E-state index contributed by atoms with van der Waals surface area (Å²) in [6, 6.07) is 8.87. The van der Waals surface area contributed by atoms with Gasteiger partial charge in [-0.3, -0.25) is 14.3 Å². The number of nitriles is 1. The summed E-state index contributed by atoms with van der Waals surface area (Å²) in [4.78, 5) is 26.1. The number of nitrogens with zero attached hydrogens (tertiary/aromatic N) is 4. The van der Waals surface area contributed by atoms with Crippen LogP contribution in [0, 0.1) is 11.3 Å². The van der Waals surface area contributed by atoms with Gasteiger partial charge >= 0.3 is 0 Å². The Bertz CT molecular complexity index is 1200. The first-order valence-electron chi connectivity index (χ1n) is 9.98. The first-order chi connectivity index (χ1) is 15.1. The molecule has 1 heterocycles. The largest absolute Gasteiger partial charge is 0.379 e. The Labute approximate surface area is 187 Å². The van der Waals surface area contributed by atoms with E-state index in [1.54, 1.807) is 55.5 Å². The van der Waals surface area contributed by atoms with Crippen molar-refractivity contribution in [2.24, 2.45) is 7.05 Å². The molecule has 1 aliphatic rings. The van der Waals surface area contributed by atoms with E-state index in [1.807, 2.05) is 6.07 Å². The highest BCUT2D eigenvalue weighted by Crippen LogP contribution is 2.43. The van der Waals surface area contributed by atoms with Crippen LogP contribution < -0.4 is 5.32 Å². The third kappa shape index (κ3) is 4.89. The summed E-state index contributed by atoms with van der Waals surface area (Å²) in [6.07, 6.45) is 6.39. The number of nitrogens with one attached hydrogen (secondary N) is 1. The lowest BCUT2D eigenvalue weighted by Gasteiger charge is -2.20. The zero-order valence-corrected chi connectivity index (χ0v) is 19.0. The molecule has 1 aromatic carbocycles. The number of carbonyl (C=O) groups is 2. The molecule has 1 amide bonds. The van der Waals surface area contributed by atoms with Crippen molar-refractivity contribution in [2.45, 2.75) is 24.1 Å². The van der Waals surface area contributed by atoms with Crippen molar-refractivity contribution in [3.05, 3.63) is 58.5 Å². The van der Waals surface area contributed by atoms with Crippen LogP contribution in [0.1, 0.15) is 50.5 Å². The maximum Gasteiger partial charge on any atom is 0.272 e. The molecular formula is C22H25N5O4S. The van der Waals surface area contributed by atoms with Crippen molar-refractivity contribution < 1.29 is 18.0 Å². The molecule has 2 aromatic rings. The number of benzene rings is 1. The number of aryl methyl sites for hydroxylation is 1. The highest BCUT2D eigenvalue weighted by Gasteiger charge is 2.52. The molecule has 0 aliphatic heterocycles. The summed E-state index contributed by atoms with van der Waals surface area (Å²) in [7, 11) is 0.160.